The maximum Gasteiger partial charge on any atom is 0.147 e. The van der Waals surface area contributed by atoms with Gasteiger partial charge in [-0.1, -0.05) is 0 Å². The molecule has 152 valence electrons. The molecule has 0 amide bonds. The Morgan fingerprint density at radius 1 is 1.03 bits per heavy atom. The van der Waals surface area contributed by atoms with Crippen molar-refractivity contribution in [3.8, 4) is 6.07 Å². The van der Waals surface area contributed by atoms with Crippen molar-refractivity contribution in [3.63, 3.8) is 0 Å². The molecule has 2 aliphatic rings. The molecule has 0 bridgehead atoms. The lowest BCUT2D eigenvalue weighted by molar-refractivity contribution is 0.166. The molecule has 2 aromatic rings. The molecule has 1 atom stereocenters. The van der Waals surface area contributed by atoms with Crippen LogP contribution in [0.5, 0.6) is 0 Å². The molecule has 2 saturated heterocycles. The smallest absolute Gasteiger partial charge is 0.147 e. The number of benzene rings is 1. The van der Waals surface area contributed by atoms with Crippen molar-refractivity contribution in [3.05, 3.63) is 53.0 Å². The predicted molar refractivity (Wildman–Crippen MR) is 114 cm³/mol. The second-order valence-corrected chi connectivity index (χ2v) is 8.13. The first kappa shape index (κ1) is 19.7. The monoisotopic (exact) mass is 393 g/mol. The number of piperazine rings is 1. The van der Waals surface area contributed by atoms with Gasteiger partial charge in [0, 0.05) is 56.7 Å². The molecule has 1 aromatic carbocycles. The Kier molecular flexibility index (Phi) is 5.68. The maximum atomic E-state index is 13.2. The topological polar surface area (TPSA) is 46.4 Å². The Balaban J connectivity index is 1.42. The first-order valence-corrected chi connectivity index (χ1v) is 10.4. The van der Waals surface area contributed by atoms with Gasteiger partial charge in [0.25, 0.3) is 0 Å². The Hall–Kier alpha value is -2.65. The predicted octanol–water partition coefficient (Wildman–Crippen LogP) is 3.50. The molecule has 3 heterocycles. The van der Waals surface area contributed by atoms with Gasteiger partial charge in [0.15, 0.2) is 0 Å². The van der Waals surface area contributed by atoms with Crippen LogP contribution in [0, 0.1) is 31.0 Å². The number of aryl methyl sites for hydroxylation is 2. The van der Waals surface area contributed by atoms with Gasteiger partial charge in [-0.2, -0.15) is 5.26 Å². The largest absolute Gasteiger partial charge is 0.369 e. The van der Waals surface area contributed by atoms with Crippen molar-refractivity contribution >= 4 is 11.5 Å². The summed E-state index contributed by atoms with van der Waals surface area (Å²) < 4.78 is 13.2. The van der Waals surface area contributed by atoms with Crippen LogP contribution in [0.4, 0.5) is 15.9 Å². The van der Waals surface area contributed by atoms with Gasteiger partial charge in [0.2, 0.25) is 0 Å². The second-order valence-electron chi connectivity index (χ2n) is 8.13. The number of halogens is 1. The third-order valence-electron chi connectivity index (χ3n) is 6.16. The average Bonchev–Trinajstić information content (AvgIpc) is 2.74. The number of hydrogen-bond acceptors (Lipinski definition) is 5. The van der Waals surface area contributed by atoms with Gasteiger partial charge < -0.3 is 9.80 Å². The lowest BCUT2D eigenvalue weighted by Gasteiger charge is -2.44. The molecule has 4 rings (SSSR count). The molecule has 2 aliphatic heterocycles. The third kappa shape index (κ3) is 4.20. The zero-order valence-corrected chi connectivity index (χ0v) is 17.2. The van der Waals surface area contributed by atoms with Crippen molar-refractivity contribution in [2.75, 3.05) is 49.1 Å². The molecule has 2 fully saturated rings. The number of aromatic nitrogens is 1. The summed E-state index contributed by atoms with van der Waals surface area (Å²) >= 11 is 0. The van der Waals surface area contributed by atoms with Crippen LogP contribution in [-0.4, -0.2) is 55.2 Å². The van der Waals surface area contributed by atoms with Crippen molar-refractivity contribution in [2.24, 2.45) is 0 Å². The molecule has 0 saturated carbocycles. The van der Waals surface area contributed by atoms with Crippen LogP contribution in [0.2, 0.25) is 0 Å². The van der Waals surface area contributed by atoms with Crippen LogP contribution < -0.4 is 9.80 Å². The van der Waals surface area contributed by atoms with Gasteiger partial charge in [0.05, 0.1) is 5.56 Å². The average molecular weight is 394 g/mol. The van der Waals surface area contributed by atoms with E-state index in [-0.39, 0.29) is 5.82 Å². The lowest BCUT2D eigenvalue weighted by Crippen LogP contribution is -2.55. The number of pyridine rings is 1. The third-order valence-corrected chi connectivity index (χ3v) is 6.16. The van der Waals surface area contributed by atoms with Crippen LogP contribution >= 0.6 is 0 Å². The van der Waals surface area contributed by atoms with E-state index < -0.39 is 0 Å². The van der Waals surface area contributed by atoms with Crippen molar-refractivity contribution in [1.82, 2.24) is 9.88 Å². The van der Waals surface area contributed by atoms with E-state index >= 15 is 0 Å². The van der Waals surface area contributed by atoms with E-state index in [0.29, 0.717) is 11.6 Å². The summed E-state index contributed by atoms with van der Waals surface area (Å²) in [6, 6.07) is 11.6. The van der Waals surface area contributed by atoms with Crippen molar-refractivity contribution < 1.29 is 4.39 Å². The lowest BCUT2D eigenvalue weighted by atomic mass is 10.0. The van der Waals surface area contributed by atoms with Crippen LogP contribution in [0.15, 0.2) is 30.3 Å². The normalized spacial score (nSPS) is 20.6. The second kappa shape index (κ2) is 8.38. The van der Waals surface area contributed by atoms with Crippen molar-refractivity contribution in [1.29, 1.82) is 5.26 Å². The van der Waals surface area contributed by atoms with E-state index in [0.717, 1.165) is 68.5 Å². The minimum atomic E-state index is -0.189. The summed E-state index contributed by atoms with van der Waals surface area (Å²) in [6.45, 7) is 9.77. The van der Waals surface area contributed by atoms with E-state index in [2.05, 4.69) is 20.8 Å². The number of hydrogen-bond donors (Lipinski definition) is 0. The van der Waals surface area contributed by atoms with Gasteiger partial charge in [-0.3, -0.25) is 4.90 Å². The highest BCUT2D eigenvalue weighted by molar-refractivity contribution is 5.58. The fourth-order valence-corrected chi connectivity index (χ4v) is 4.63. The number of nitrogens with zero attached hydrogens (tertiary/aromatic N) is 5. The Morgan fingerprint density at radius 3 is 2.45 bits per heavy atom. The van der Waals surface area contributed by atoms with E-state index in [1.165, 1.54) is 18.6 Å². The highest BCUT2D eigenvalue weighted by atomic mass is 19.1. The molecule has 29 heavy (non-hydrogen) atoms. The number of rotatable bonds is 3. The molecular formula is C23H28FN5. The molecule has 0 unspecified atom stereocenters. The zero-order valence-electron chi connectivity index (χ0n) is 17.2. The van der Waals surface area contributed by atoms with Crippen LogP contribution in [-0.2, 0) is 0 Å². The van der Waals surface area contributed by atoms with Gasteiger partial charge in [0.1, 0.15) is 17.7 Å². The molecule has 0 aliphatic carbocycles. The summed E-state index contributed by atoms with van der Waals surface area (Å²) in [6.07, 6.45) is 2.29. The van der Waals surface area contributed by atoms with Gasteiger partial charge in [-0.25, -0.2) is 9.37 Å². The first-order chi connectivity index (χ1) is 14.0. The summed E-state index contributed by atoms with van der Waals surface area (Å²) in [5.41, 5.74) is 3.77. The fourth-order valence-electron chi connectivity index (χ4n) is 4.63. The Labute approximate surface area is 172 Å². The highest BCUT2D eigenvalue weighted by Crippen LogP contribution is 2.27. The maximum absolute atomic E-state index is 13.2. The van der Waals surface area contributed by atoms with Crippen molar-refractivity contribution in [2.45, 2.75) is 32.7 Å². The number of nitriles is 1. The molecule has 6 heteroatoms. The van der Waals surface area contributed by atoms with E-state index in [4.69, 9.17) is 4.98 Å². The van der Waals surface area contributed by atoms with Gasteiger partial charge >= 0.3 is 0 Å². The van der Waals surface area contributed by atoms with Crippen LogP contribution in [0.3, 0.4) is 0 Å². The van der Waals surface area contributed by atoms with Crippen LogP contribution in [0.25, 0.3) is 0 Å². The first-order valence-electron chi connectivity index (χ1n) is 10.4. The summed E-state index contributed by atoms with van der Waals surface area (Å²) in [5.74, 6) is 0.658. The Bertz CT molecular complexity index is 897. The van der Waals surface area contributed by atoms with E-state index in [9.17, 15) is 9.65 Å². The number of piperidine rings is 1. The van der Waals surface area contributed by atoms with Gasteiger partial charge in [-0.05, 0) is 62.6 Å². The summed E-state index contributed by atoms with van der Waals surface area (Å²) in [5, 5.41) is 9.63. The SMILES string of the molecule is Cc1cc(C)c(C#N)c(N2CCC[C@@H](N3CCN(c4ccc(F)cc4)CC3)C2)n1. The molecular weight excluding hydrogens is 365 g/mol. The standard InChI is InChI=1S/C23H28FN5/c1-17-14-18(2)26-23(22(17)15-25)29-9-3-4-21(16-29)28-12-10-27(11-13-28)20-7-5-19(24)6-8-20/h5-8,14,21H,3-4,9-13,16H2,1-2H3/t21-/m1/s1. The van der Waals surface area contributed by atoms with E-state index in [1.807, 2.05) is 32.0 Å². The Morgan fingerprint density at radius 2 is 1.76 bits per heavy atom. The highest BCUT2D eigenvalue weighted by Gasteiger charge is 2.30. The number of anilines is 2. The molecule has 0 N–H and O–H groups in total. The molecule has 1 aromatic heterocycles. The minimum Gasteiger partial charge on any atom is -0.369 e. The van der Waals surface area contributed by atoms with Crippen LogP contribution in [0.1, 0.15) is 29.7 Å². The minimum absolute atomic E-state index is 0.189. The summed E-state index contributed by atoms with van der Waals surface area (Å²) in [4.78, 5) is 11.9. The van der Waals surface area contributed by atoms with Gasteiger partial charge in [-0.15, -0.1) is 0 Å². The fraction of sp³-hybridized carbons (Fsp3) is 0.478. The quantitative estimate of drug-likeness (QED) is 0.799. The zero-order chi connectivity index (χ0) is 20.4. The summed E-state index contributed by atoms with van der Waals surface area (Å²) in [7, 11) is 0. The molecule has 0 spiro atoms. The molecule has 5 nitrogen and oxygen atoms in total. The molecule has 0 radical (unpaired) electrons. The van der Waals surface area contributed by atoms with E-state index in [1.54, 1.807) is 0 Å².